The van der Waals surface area contributed by atoms with Crippen LogP contribution in [0.15, 0.2) is 24.3 Å². The highest BCUT2D eigenvalue weighted by molar-refractivity contribution is 5.85. The van der Waals surface area contributed by atoms with Crippen LogP contribution in [-0.4, -0.2) is 31.1 Å². The van der Waals surface area contributed by atoms with Crippen LogP contribution in [0.2, 0.25) is 0 Å². The molecule has 0 amide bonds. The Labute approximate surface area is 141 Å². The minimum absolute atomic E-state index is 0. The number of halogens is 5. The maximum atomic E-state index is 14.0. The molecule has 0 unspecified atom stereocenters. The highest BCUT2D eigenvalue weighted by Crippen LogP contribution is 2.31. The first kappa shape index (κ1) is 21.2. The average Bonchev–Trinajstić information content (AvgIpc) is 2.44. The third-order valence-corrected chi connectivity index (χ3v) is 3.56. The third-order valence-electron chi connectivity index (χ3n) is 3.56. The monoisotopic (exact) mass is 356 g/mol. The van der Waals surface area contributed by atoms with Crippen LogP contribution in [0.1, 0.15) is 24.9 Å². The molecule has 7 heteroatoms. The Morgan fingerprint density at radius 2 is 1.77 bits per heavy atom. The predicted molar refractivity (Wildman–Crippen MR) is 87.4 cm³/mol. The number of rotatable bonds is 4. The van der Waals surface area contributed by atoms with Crippen LogP contribution in [0, 0.1) is 17.5 Å². The summed E-state index contributed by atoms with van der Waals surface area (Å²) in [6, 6.07) is 2.02. The molecule has 0 radical (unpaired) electrons. The van der Waals surface area contributed by atoms with Crippen LogP contribution in [0.25, 0.3) is 0 Å². The Hall–Kier alpha value is -0.750. The molecule has 1 aromatic rings. The van der Waals surface area contributed by atoms with Crippen molar-refractivity contribution < 1.29 is 13.2 Å². The van der Waals surface area contributed by atoms with E-state index in [1.54, 1.807) is 0 Å². The Bertz CT molecular complexity index is 506. The molecule has 0 aromatic heterocycles. The lowest BCUT2D eigenvalue weighted by Crippen LogP contribution is -2.45. The van der Waals surface area contributed by atoms with Crippen molar-refractivity contribution in [1.29, 1.82) is 0 Å². The van der Waals surface area contributed by atoms with Gasteiger partial charge in [-0.15, -0.1) is 31.4 Å². The van der Waals surface area contributed by atoms with Crippen LogP contribution in [0.4, 0.5) is 13.2 Å². The zero-order chi connectivity index (χ0) is 14.7. The van der Waals surface area contributed by atoms with Gasteiger partial charge in [0.1, 0.15) is 0 Å². The lowest BCUT2D eigenvalue weighted by atomic mass is 9.97. The molecule has 1 heterocycles. The second kappa shape index (κ2) is 9.40. The smallest absolute Gasteiger partial charge is 0.194 e. The summed E-state index contributed by atoms with van der Waals surface area (Å²) in [5, 5.41) is 3.22. The lowest BCUT2D eigenvalue weighted by molar-refractivity contribution is 0.168. The van der Waals surface area contributed by atoms with Crippen LogP contribution in [-0.2, 0) is 0 Å². The maximum Gasteiger partial charge on any atom is 0.194 e. The van der Waals surface area contributed by atoms with Gasteiger partial charge in [0.25, 0.3) is 0 Å². The van der Waals surface area contributed by atoms with Crippen molar-refractivity contribution in [2.45, 2.75) is 19.4 Å². The topological polar surface area (TPSA) is 15.3 Å². The van der Waals surface area contributed by atoms with Gasteiger partial charge in [0.05, 0.1) is 0 Å². The number of nitrogens with one attached hydrogen (secondary N) is 1. The first-order valence-corrected chi connectivity index (χ1v) is 6.73. The van der Waals surface area contributed by atoms with Crippen molar-refractivity contribution in [3.8, 4) is 0 Å². The summed E-state index contributed by atoms with van der Waals surface area (Å²) >= 11 is 0. The van der Waals surface area contributed by atoms with Crippen molar-refractivity contribution >= 4 is 24.8 Å². The van der Waals surface area contributed by atoms with Gasteiger partial charge < -0.3 is 5.32 Å². The molecule has 1 atom stereocenters. The summed E-state index contributed by atoms with van der Waals surface area (Å²) in [5.74, 6) is -3.64. The summed E-state index contributed by atoms with van der Waals surface area (Å²) in [6.45, 7) is 8.81. The van der Waals surface area contributed by atoms with E-state index < -0.39 is 17.5 Å². The van der Waals surface area contributed by atoms with Crippen molar-refractivity contribution in [2.24, 2.45) is 0 Å². The number of benzene rings is 1. The van der Waals surface area contributed by atoms with E-state index in [9.17, 15) is 13.2 Å². The molecule has 1 aliphatic heterocycles. The van der Waals surface area contributed by atoms with Gasteiger partial charge in [-0.2, -0.15) is 0 Å². The van der Waals surface area contributed by atoms with Crippen LogP contribution in [0.3, 0.4) is 0 Å². The zero-order valence-corrected chi connectivity index (χ0v) is 14.0. The van der Waals surface area contributed by atoms with E-state index in [2.05, 4.69) is 16.8 Å². The summed E-state index contributed by atoms with van der Waals surface area (Å²) in [7, 11) is 0. The molecule has 1 aromatic carbocycles. The minimum Gasteiger partial charge on any atom is -0.314 e. The number of hydrogen-bond acceptors (Lipinski definition) is 2. The fourth-order valence-electron chi connectivity index (χ4n) is 2.56. The molecular weight excluding hydrogens is 336 g/mol. The van der Waals surface area contributed by atoms with Gasteiger partial charge in [-0.25, -0.2) is 13.2 Å². The molecule has 0 bridgehead atoms. The van der Waals surface area contributed by atoms with E-state index in [1.165, 1.54) is 6.07 Å². The van der Waals surface area contributed by atoms with Crippen molar-refractivity contribution in [1.82, 2.24) is 10.2 Å². The molecule has 2 nitrogen and oxygen atoms in total. The highest BCUT2D eigenvalue weighted by Gasteiger charge is 2.27. The Morgan fingerprint density at radius 3 is 2.32 bits per heavy atom. The maximum absolute atomic E-state index is 14.0. The molecule has 126 valence electrons. The predicted octanol–water partition coefficient (Wildman–Crippen LogP) is 3.86. The third kappa shape index (κ3) is 4.88. The SMILES string of the molecule is C=C(C)C[C@@H](c1ccc(F)c(F)c1F)N1CCNCC1.Cl.Cl. The van der Waals surface area contributed by atoms with Gasteiger partial charge in [-0.1, -0.05) is 11.6 Å². The van der Waals surface area contributed by atoms with Crippen molar-refractivity contribution in [3.63, 3.8) is 0 Å². The molecule has 1 fully saturated rings. The molecule has 0 spiro atoms. The Kier molecular flexibility index (Phi) is 9.08. The number of nitrogens with zero attached hydrogens (tertiary/aromatic N) is 1. The van der Waals surface area contributed by atoms with Crippen LogP contribution < -0.4 is 5.32 Å². The molecule has 2 rings (SSSR count). The van der Waals surface area contributed by atoms with Gasteiger partial charge in [-0.3, -0.25) is 4.90 Å². The molecule has 0 saturated carbocycles. The summed E-state index contributed by atoms with van der Waals surface area (Å²) < 4.78 is 40.6. The van der Waals surface area contributed by atoms with E-state index in [4.69, 9.17) is 0 Å². The van der Waals surface area contributed by atoms with E-state index in [1.807, 2.05) is 6.92 Å². The molecule has 22 heavy (non-hydrogen) atoms. The standard InChI is InChI=1S/C15H19F3N2.2ClH/c1-10(2)9-13(20-7-5-19-6-8-20)11-3-4-12(16)15(18)14(11)17;;/h3-4,13,19H,1,5-9H2,2H3;2*1H/t13-;;/m0../s1. The van der Waals surface area contributed by atoms with E-state index in [0.717, 1.165) is 37.8 Å². The molecule has 1 aliphatic rings. The van der Waals surface area contributed by atoms with Crippen LogP contribution >= 0.6 is 24.8 Å². The van der Waals surface area contributed by atoms with Gasteiger partial charge in [0.15, 0.2) is 17.5 Å². The second-order valence-corrected chi connectivity index (χ2v) is 5.23. The normalized spacial score (nSPS) is 16.4. The molecule has 0 aliphatic carbocycles. The van der Waals surface area contributed by atoms with E-state index >= 15 is 0 Å². The van der Waals surface area contributed by atoms with Gasteiger partial charge in [-0.05, 0) is 19.4 Å². The fraction of sp³-hybridized carbons (Fsp3) is 0.467. The Morgan fingerprint density at radius 1 is 1.18 bits per heavy atom. The fourth-order valence-corrected chi connectivity index (χ4v) is 2.56. The zero-order valence-electron chi connectivity index (χ0n) is 12.4. The summed E-state index contributed by atoms with van der Waals surface area (Å²) in [4.78, 5) is 2.08. The summed E-state index contributed by atoms with van der Waals surface area (Å²) in [6.07, 6.45) is 0.530. The van der Waals surface area contributed by atoms with Gasteiger partial charge in [0, 0.05) is 37.8 Å². The van der Waals surface area contributed by atoms with Crippen molar-refractivity contribution in [3.05, 3.63) is 47.3 Å². The second-order valence-electron chi connectivity index (χ2n) is 5.23. The number of hydrogen-bond donors (Lipinski definition) is 1. The number of piperazine rings is 1. The Balaban J connectivity index is 0.00000220. The average molecular weight is 357 g/mol. The minimum atomic E-state index is -1.40. The van der Waals surface area contributed by atoms with Crippen LogP contribution in [0.5, 0.6) is 0 Å². The molecular formula is C15H21Cl2F3N2. The summed E-state index contributed by atoms with van der Waals surface area (Å²) in [5.41, 5.74) is 1.09. The first-order chi connectivity index (χ1) is 9.50. The van der Waals surface area contributed by atoms with Gasteiger partial charge >= 0.3 is 0 Å². The first-order valence-electron chi connectivity index (χ1n) is 6.73. The van der Waals surface area contributed by atoms with E-state index in [0.29, 0.717) is 6.42 Å². The quantitative estimate of drug-likeness (QED) is 0.650. The van der Waals surface area contributed by atoms with E-state index in [-0.39, 0.29) is 36.4 Å². The highest BCUT2D eigenvalue weighted by atomic mass is 35.5. The lowest BCUT2D eigenvalue weighted by Gasteiger charge is -2.35. The molecule has 1 N–H and O–H groups in total. The van der Waals surface area contributed by atoms with Gasteiger partial charge in [0.2, 0.25) is 0 Å². The van der Waals surface area contributed by atoms with Crippen molar-refractivity contribution in [2.75, 3.05) is 26.2 Å². The largest absolute Gasteiger partial charge is 0.314 e. The molecule has 1 saturated heterocycles.